The summed E-state index contributed by atoms with van der Waals surface area (Å²) in [5.74, 6) is 0.303. The lowest BCUT2D eigenvalue weighted by Gasteiger charge is -2.24. The number of carboxylic acid groups (broad SMARTS) is 1. The number of carboxylic acids is 1. The fraction of sp³-hybridized carbons (Fsp3) is 0.714. The zero-order valence-corrected chi connectivity index (χ0v) is 11.9. The normalized spacial score (nSPS) is 23.9. The van der Waals surface area contributed by atoms with Crippen LogP contribution in [0.25, 0.3) is 0 Å². The second-order valence-electron chi connectivity index (χ2n) is 5.60. The van der Waals surface area contributed by atoms with Crippen LogP contribution in [-0.4, -0.2) is 26.9 Å². The summed E-state index contributed by atoms with van der Waals surface area (Å²) in [7, 11) is 1.79. The van der Waals surface area contributed by atoms with Crippen molar-refractivity contribution in [3.8, 4) is 0 Å². The van der Waals surface area contributed by atoms with Crippen LogP contribution in [-0.2, 0) is 7.05 Å². The predicted octanol–water partition coefficient (Wildman–Crippen LogP) is 2.81. The molecule has 1 fully saturated rings. The third-order valence-corrected chi connectivity index (χ3v) is 4.12. The van der Waals surface area contributed by atoms with Crippen molar-refractivity contribution in [3.05, 3.63) is 11.3 Å². The van der Waals surface area contributed by atoms with Crippen LogP contribution in [0.3, 0.4) is 0 Å². The molecule has 0 amide bonds. The Morgan fingerprint density at radius 2 is 2.05 bits per heavy atom. The average molecular weight is 265 g/mol. The molecule has 0 bridgehead atoms. The van der Waals surface area contributed by atoms with Gasteiger partial charge in [-0.25, -0.2) is 4.79 Å². The number of aryl methyl sites for hydroxylation is 2. The smallest absolute Gasteiger partial charge is 0.341 e. The van der Waals surface area contributed by atoms with E-state index in [0.717, 1.165) is 6.42 Å². The van der Waals surface area contributed by atoms with Gasteiger partial charge in [-0.2, -0.15) is 5.10 Å². The van der Waals surface area contributed by atoms with Crippen molar-refractivity contribution in [2.45, 2.75) is 52.0 Å². The number of carbonyl (C=O) groups is 1. The first-order chi connectivity index (χ1) is 9.00. The first-order valence-electron chi connectivity index (χ1n) is 7.04. The average Bonchev–Trinajstić information content (AvgIpc) is 2.48. The minimum Gasteiger partial charge on any atom is -0.477 e. The van der Waals surface area contributed by atoms with E-state index in [1.807, 2.05) is 0 Å². The number of hydrogen-bond donors (Lipinski definition) is 2. The maximum Gasteiger partial charge on any atom is 0.341 e. The molecule has 2 N–H and O–H groups in total. The molecule has 5 nitrogen and oxygen atoms in total. The van der Waals surface area contributed by atoms with E-state index in [4.69, 9.17) is 0 Å². The van der Waals surface area contributed by atoms with Crippen LogP contribution in [0.5, 0.6) is 0 Å². The van der Waals surface area contributed by atoms with Gasteiger partial charge >= 0.3 is 5.97 Å². The fourth-order valence-electron chi connectivity index (χ4n) is 2.96. The third kappa shape index (κ3) is 2.91. The molecule has 1 aliphatic carbocycles. The number of hydrogen-bond acceptors (Lipinski definition) is 3. The standard InChI is InChI=1S/C14H23N3O2/c1-9-7-5-4-6-8-11(9)15-13-12(14(18)19)10(2)16-17(13)3/h9,11,15H,4-8H2,1-3H3,(H,18,19). The van der Waals surface area contributed by atoms with E-state index in [0.29, 0.717) is 29.0 Å². The summed E-state index contributed by atoms with van der Waals surface area (Å²) in [5, 5.41) is 17.0. The van der Waals surface area contributed by atoms with Crippen molar-refractivity contribution in [2.24, 2.45) is 13.0 Å². The molecule has 1 saturated carbocycles. The van der Waals surface area contributed by atoms with Crippen molar-refractivity contribution in [1.29, 1.82) is 0 Å². The maximum absolute atomic E-state index is 11.4. The molecule has 1 aromatic rings. The van der Waals surface area contributed by atoms with Gasteiger partial charge in [0.1, 0.15) is 11.4 Å². The van der Waals surface area contributed by atoms with Gasteiger partial charge in [0.2, 0.25) is 0 Å². The minimum atomic E-state index is -0.908. The zero-order chi connectivity index (χ0) is 14.0. The summed E-state index contributed by atoms with van der Waals surface area (Å²) < 4.78 is 1.65. The zero-order valence-electron chi connectivity index (χ0n) is 11.9. The quantitative estimate of drug-likeness (QED) is 0.825. The molecular weight excluding hydrogens is 242 g/mol. The Morgan fingerprint density at radius 3 is 2.74 bits per heavy atom. The molecule has 106 valence electrons. The van der Waals surface area contributed by atoms with Gasteiger partial charge in [0.25, 0.3) is 0 Å². The van der Waals surface area contributed by atoms with Crippen LogP contribution >= 0.6 is 0 Å². The molecule has 2 rings (SSSR count). The van der Waals surface area contributed by atoms with E-state index in [1.165, 1.54) is 25.7 Å². The monoisotopic (exact) mass is 265 g/mol. The van der Waals surface area contributed by atoms with Crippen LogP contribution in [0.4, 0.5) is 5.82 Å². The molecule has 2 unspecified atom stereocenters. The van der Waals surface area contributed by atoms with Crippen LogP contribution in [0, 0.1) is 12.8 Å². The van der Waals surface area contributed by atoms with Crippen LogP contribution in [0.2, 0.25) is 0 Å². The highest BCUT2D eigenvalue weighted by molar-refractivity contribution is 5.94. The van der Waals surface area contributed by atoms with Gasteiger partial charge in [0.15, 0.2) is 0 Å². The summed E-state index contributed by atoms with van der Waals surface area (Å²) in [4.78, 5) is 11.4. The largest absolute Gasteiger partial charge is 0.477 e. The Kier molecular flexibility index (Phi) is 4.12. The summed E-state index contributed by atoms with van der Waals surface area (Å²) >= 11 is 0. The maximum atomic E-state index is 11.4. The molecule has 1 heterocycles. The van der Waals surface area contributed by atoms with Crippen molar-refractivity contribution in [3.63, 3.8) is 0 Å². The summed E-state index contributed by atoms with van der Waals surface area (Å²) in [6, 6.07) is 0.343. The molecule has 19 heavy (non-hydrogen) atoms. The Labute approximate surface area is 114 Å². The lowest BCUT2D eigenvalue weighted by atomic mass is 9.97. The molecule has 0 saturated heterocycles. The van der Waals surface area contributed by atoms with E-state index in [-0.39, 0.29) is 0 Å². The Balaban J connectivity index is 2.24. The van der Waals surface area contributed by atoms with Crippen LogP contribution < -0.4 is 5.32 Å². The highest BCUT2D eigenvalue weighted by Crippen LogP contribution is 2.28. The second kappa shape index (κ2) is 5.63. The van der Waals surface area contributed by atoms with Crippen molar-refractivity contribution in [2.75, 3.05) is 5.32 Å². The lowest BCUT2D eigenvalue weighted by molar-refractivity contribution is 0.0697. The number of aromatic nitrogens is 2. The topological polar surface area (TPSA) is 67.2 Å². The van der Waals surface area contributed by atoms with Crippen molar-refractivity contribution >= 4 is 11.8 Å². The Morgan fingerprint density at radius 1 is 1.37 bits per heavy atom. The van der Waals surface area contributed by atoms with Gasteiger partial charge in [-0.15, -0.1) is 0 Å². The Hall–Kier alpha value is -1.52. The van der Waals surface area contributed by atoms with E-state index in [2.05, 4.69) is 17.3 Å². The number of anilines is 1. The molecule has 0 spiro atoms. The van der Waals surface area contributed by atoms with E-state index < -0.39 is 5.97 Å². The van der Waals surface area contributed by atoms with Gasteiger partial charge in [-0.1, -0.05) is 26.2 Å². The second-order valence-corrected chi connectivity index (χ2v) is 5.60. The summed E-state index contributed by atoms with van der Waals surface area (Å²) in [6.07, 6.45) is 6.07. The third-order valence-electron chi connectivity index (χ3n) is 4.12. The van der Waals surface area contributed by atoms with Crippen molar-refractivity contribution in [1.82, 2.24) is 9.78 Å². The summed E-state index contributed by atoms with van der Waals surface area (Å²) in [6.45, 7) is 3.98. The molecular formula is C14H23N3O2. The minimum absolute atomic E-state index is 0.305. The number of nitrogens with one attached hydrogen (secondary N) is 1. The highest BCUT2D eigenvalue weighted by Gasteiger charge is 2.25. The van der Waals surface area contributed by atoms with E-state index in [9.17, 15) is 9.90 Å². The summed E-state index contributed by atoms with van der Waals surface area (Å²) in [5.41, 5.74) is 0.873. The fourth-order valence-corrected chi connectivity index (χ4v) is 2.96. The molecule has 0 aliphatic heterocycles. The van der Waals surface area contributed by atoms with Gasteiger partial charge in [-0.3, -0.25) is 4.68 Å². The van der Waals surface area contributed by atoms with E-state index >= 15 is 0 Å². The van der Waals surface area contributed by atoms with Crippen LogP contribution in [0.1, 0.15) is 55.1 Å². The number of aromatic carboxylic acids is 1. The van der Waals surface area contributed by atoms with E-state index in [1.54, 1.807) is 18.7 Å². The van der Waals surface area contributed by atoms with Gasteiger partial charge < -0.3 is 10.4 Å². The van der Waals surface area contributed by atoms with Gasteiger partial charge in [-0.05, 0) is 25.7 Å². The SMILES string of the molecule is Cc1nn(C)c(NC2CCCCCC2C)c1C(=O)O. The first-order valence-corrected chi connectivity index (χ1v) is 7.04. The molecule has 5 heteroatoms. The highest BCUT2D eigenvalue weighted by atomic mass is 16.4. The molecule has 0 aromatic carbocycles. The number of rotatable bonds is 3. The van der Waals surface area contributed by atoms with Crippen molar-refractivity contribution < 1.29 is 9.90 Å². The lowest BCUT2D eigenvalue weighted by Crippen LogP contribution is -2.28. The Bertz CT molecular complexity index is 468. The molecule has 1 aromatic heterocycles. The van der Waals surface area contributed by atoms with Crippen LogP contribution in [0.15, 0.2) is 0 Å². The predicted molar refractivity (Wildman–Crippen MR) is 74.6 cm³/mol. The van der Waals surface area contributed by atoms with Gasteiger partial charge in [0.05, 0.1) is 5.69 Å². The molecule has 1 aliphatic rings. The molecule has 2 atom stereocenters. The number of nitrogens with zero attached hydrogens (tertiary/aromatic N) is 2. The van der Waals surface area contributed by atoms with Gasteiger partial charge in [0, 0.05) is 13.1 Å². The first kappa shape index (κ1) is 13.9. The molecule has 0 radical (unpaired) electrons.